The monoisotopic (exact) mass is 578 g/mol. The number of nitrogens with zero attached hydrogens (tertiary/aromatic N) is 2. The Morgan fingerprint density at radius 3 is 2.48 bits per heavy atom. The van der Waals surface area contributed by atoms with Gasteiger partial charge in [-0.2, -0.15) is 9.97 Å². The molecule has 220 valence electrons. The molecule has 15 heteroatoms. The second-order valence-electron chi connectivity index (χ2n) is 10.1. The molecule has 0 bridgehead atoms. The van der Waals surface area contributed by atoms with E-state index in [2.05, 4.69) is 20.6 Å². The van der Waals surface area contributed by atoms with Gasteiger partial charge in [-0.1, -0.05) is 12.1 Å². The Bertz CT molecular complexity index is 1570. The van der Waals surface area contributed by atoms with Crippen molar-refractivity contribution in [3.8, 4) is 29.3 Å². The van der Waals surface area contributed by atoms with E-state index in [1.165, 1.54) is 25.1 Å². The van der Waals surface area contributed by atoms with Gasteiger partial charge < -0.3 is 46.2 Å². The van der Waals surface area contributed by atoms with E-state index >= 15 is 0 Å². The van der Waals surface area contributed by atoms with Crippen molar-refractivity contribution in [2.45, 2.75) is 45.5 Å². The number of nitrogens with one attached hydrogen (secondary N) is 4. The Balaban J connectivity index is 1.78. The number of amidine groups is 1. The van der Waals surface area contributed by atoms with Gasteiger partial charge in [-0.25, -0.2) is 4.79 Å². The topological polar surface area (TPSA) is 241 Å². The van der Waals surface area contributed by atoms with Crippen molar-refractivity contribution < 1.29 is 33.6 Å². The van der Waals surface area contributed by atoms with Gasteiger partial charge in [-0.05, 0) is 58.0 Å². The molecular weight excluding hydrogens is 548 g/mol. The second-order valence-corrected chi connectivity index (χ2v) is 10.1. The van der Waals surface area contributed by atoms with Gasteiger partial charge in [-0.3, -0.25) is 15.6 Å². The third kappa shape index (κ3) is 6.82. The fraction of sp³-hybridized carbons (Fsp3) is 0.259. The number of carbonyl (C=O) groups excluding carboxylic acids is 2. The van der Waals surface area contributed by atoms with Crippen LogP contribution in [0.4, 0.5) is 11.4 Å². The van der Waals surface area contributed by atoms with Crippen molar-refractivity contribution in [2.24, 2.45) is 11.5 Å². The lowest BCUT2D eigenvalue weighted by atomic mass is 10.1. The number of fused-ring (bicyclic) bond motifs is 1. The smallest absolute Gasteiger partial charge is 0.339 e. The average molecular weight is 579 g/mol. The SMILES string of the molecule is CC(O)C1Oc2nc(Oc3ccccc3NC(=N)N)nc(Oc3ccc(C(=N)N)c(C(=O)OC(C)(C)C)c3)c2NC1=O. The number of hydrogen-bond acceptors (Lipinski definition) is 11. The Morgan fingerprint density at radius 1 is 1.12 bits per heavy atom. The number of guanidine groups is 1. The molecule has 4 rings (SSSR count). The molecule has 0 saturated heterocycles. The molecular formula is C27H30N8O7. The van der Waals surface area contributed by atoms with E-state index in [0.29, 0.717) is 5.69 Å². The second kappa shape index (κ2) is 11.6. The fourth-order valence-electron chi connectivity index (χ4n) is 3.74. The number of nitrogen functional groups attached to an aromatic ring is 1. The Kier molecular flexibility index (Phi) is 8.15. The van der Waals surface area contributed by atoms with E-state index in [1.54, 1.807) is 45.0 Å². The molecule has 1 aliphatic heterocycles. The van der Waals surface area contributed by atoms with Crippen LogP contribution in [0.15, 0.2) is 42.5 Å². The Hall–Kier alpha value is -5.44. The van der Waals surface area contributed by atoms with Crippen LogP contribution in [0, 0.1) is 10.8 Å². The molecule has 1 aliphatic rings. The first-order valence-electron chi connectivity index (χ1n) is 12.6. The van der Waals surface area contributed by atoms with Crippen LogP contribution >= 0.6 is 0 Å². The van der Waals surface area contributed by atoms with Crippen molar-refractivity contribution >= 4 is 35.0 Å². The first-order chi connectivity index (χ1) is 19.7. The fourth-order valence-corrected chi connectivity index (χ4v) is 3.74. The number of aliphatic hydroxyl groups excluding tert-OH is 1. The summed E-state index contributed by atoms with van der Waals surface area (Å²) in [6.07, 6.45) is -2.47. The zero-order chi connectivity index (χ0) is 30.8. The largest absolute Gasteiger partial charge is 0.460 e. The average Bonchev–Trinajstić information content (AvgIpc) is 2.88. The minimum Gasteiger partial charge on any atom is -0.460 e. The molecule has 2 heterocycles. The van der Waals surface area contributed by atoms with Crippen LogP contribution in [-0.4, -0.2) is 56.6 Å². The first kappa shape index (κ1) is 29.5. The highest BCUT2D eigenvalue weighted by atomic mass is 16.6. The summed E-state index contributed by atoms with van der Waals surface area (Å²) in [5.74, 6) is -2.22. The number of anilines is 2. The van der Waals surface area contributed by atoms with Gasteiger partial charge in [0.1, 0.15) is 17.2 Å². The standard InChI is InChI=1S/C27H30N8O7/c1-12(36)19-21(37)33-18-22(39-13-9-10-14(20(28)29)15(11-13)24(38)42-27(2,3)4)34-26(35-23(18)41-19)40-17-8-6-5-7-16(17)32-25(30)31/h5-12,19,36H,1-4H3,(H3,28,29)(H,33,37)(H4,30,31,32). The Morgan fingerprint density at radius 2 is 1.83 bits per heavy atom. The number of para-hydroxylation sites is 2. The van der Waals surface area contributed by atoms with Crippen molar-refractivity contribution in [3.63, 3.8) is 0 Å². The highest BCUT2D eigenvalue weighted by Crippen LogP contribution is 2.41. The van der Waals surface area contributed by atoms with Crippen molar-refractivity contribution in [3.05, 3.63) is 53.6 Å². The lowest BCUT2D eigenvalue weighted by Crippen LogP contribution is -2.44. The molecule has 9 N–H and O–H groups in total. The summed E-state index contributed by atoms with van der Waals surface area (Å²) in [7, 11) is 0. The third-order valence-corrected chi connectivity index (χ3v) is 5.48. The minimum atomic E-state index is -1.28. The van der Waals surface area contributed by atoms with E-state index in [9.17, 15) is 14.7 Å². The number of amides is 1. The molecule has 15 nitrogen and oxygen atoms in total. The van der Waals surface area contributed by atoms with E-state index < -0.39 is 29.7 Å². The zero-order valence-electron chi connectivity index (χ0n) is 23.1. The molecule has 0 fully saturated rings. The van der Waals surface area contributed by atoms with Crippen LogP contribution in [0.3, 0.4) is 0 Å². The number of carbonyl (C=O) groups is 2. The number of aliphatic hydroxyl groups is 1. The van der Waals surface area contributed by atoms with Gasteiger partial charge >= 0.3 is 12.0 Å². The summed E-state index contributed by atoms with van der Waals surface area (Å²) in [5, 5.41) is 30.7. The minimum absolute atomic E-state index is 0.0342. The van der Waals surface area contributed by atoms with Crippen molar-refractivity contribution in [2.75, 3.05) is 10.6 Å². The molecule has 0 saturated carbocycles. The maximum Gasteiger partial charge on any atom is 0.339 e. The molecule has 1 aromatic heterocycles. The van der Waals surface area contributed by atoms with E-state index in [-0.39, 0.29) is 57.9 Å². The predicted molar refractivity (Wildman–Crippen MR) is 152 cm³/mol. The number of nitrogens with two attached hydrogens (primary N) is 2. The molecule has 0 spiro atoms. The van der Waals surface area contributed by atoms with Crippen molar-refractivity contribution in [1.29, 1.82) is 10.8 Å². The summed E-state index contributed by atoms with van der Waals surface area (Å²) in [6.45, 7) is 6.46. The van der Waals surface area contributed by atoms with Crippen LogP contribution in [0.2, 0.25) is 0 Å². The molecule has 2 unspecified atom stereocenters. The van der Waals surface area contributed by atoms with E-state index in [1.807, 2.05) is 0 Å². The lowest BCUT2D eigenvalue weighted by Gasteiger charge is -2.27. The summed E-state index contributed by atoms with van der Waals surface area (Å²) >= 11 is 0. The van der Waals surface area contributed by atoms with Gasteiger partial charge in [0.25, 0.3) is 11.8 Å². The van der Waals surface area contributed by atoms with Gasteiger partial charge in [0.15, 0.2) is 17.4 Å². The maximum atomic E-state index is 12.9. The number of esters is 1. The molecule has 3 aromatic rings. The lowest BCUT2D eigenvalue weighted by molar-refractivity contribution is -0.128. The molecule has 1 amide bonds. The highest BCUT2D eigenvalue weighted by Gasteiger charge is 2.36. The van der Waals surface area contributed by atoms with Crippen LogP contribution in [0.25, 0.3) is 0 Å². The maximum absolute atomic E-state index is 12.9. The number of benzene rings is 2. The van der Waals surface area contributed by atoms with Crippen LogP contribution in [-0.2, 0) is 9.53 Å². The quantitative estimate of drug-likeness (QED) is 0.116. The van der Waals surface area contributed by atoms with E-state index in [4.69, 9.17) is 41.2 Å². The number of aromatic nitrogens is 2. The van der Waals surface area contributed by atoms with Gasteiger partial charge in [-0.15, -0.1) is 0 Å². The van der Waals surface area contributed by atoms with Gasteiger partial charge in [0, 0.05) is 5.56 Å². The highest BCUT2D eigenvalue weighted by molar-refractivity contribution is 6.06. The molecule has 0 aliphatic carbocycles. The number of ether oxygens (including phenoxy) is 4. The molecule has 2 atom stereocenters. The molecule has 42 heavy (non-hydrogen) atoms. The molecule has 2 aromatic carbocycles. The third-order valence-electron chi connectivity index (χ3n) is 5.48. The van der Waals surface area contributed by atoms with Crippen molar-refractivity contribution in [1.82, 2.24) is 9.97 Å². The van der Waals surface area contributed by atoms with Gasteiger partial charge in [0.2, 0.25) is 12.0 Å². The number of hydrogen-bond donors (Lipinski definition) is 7. The number of rotatable bonds is 8. The first-order valence-corrected chi connectivity index (χ1v) is 12.6. The summed E-state index contributed by atoms with van der Waals surface area (Å²) in [5.41, 5.74) is 10.7. The van der Waals surface area contributed by atoms with Crippen LogP contribution in [0.1, 0.15) is 43.6 Å². The van der Waals surface area contributed by atoms with Crippen LogP contribution < -0.4 is 36.3 Å². The van der Waals surface area contributed by atoms with Gasteiger partial charge in [0.05, 0.1) is 17.4 Å². The normalized spacial score (nSPS) is 14.9. The Labute approximate surface area is 240 Å². The summed E-state index contributed by atoms with van der Waals surface area (Å²) in [4.78, 5) is 34.1. The summed E-state index contributed by atoms with van der Waals surface area (Å²) in [6, 6.07) is 10.4. The van der Waals surface area contributed by atoms with E-state index in [0.717, 1.165) is 0 Å². The predicted octanol–water partition coefficient (Wildman–Crippen LogP) is 2.69. The zero-order valence-corrected chi connectivity index (χ0v) is 23.1. The molecule has 0 radical (unpaired) electrons. The van der Waals surface area contributed by atoms with Crippen LogP contribution in [0.5, 0.6) is 29.3 Å². The summed E-state index contributed by atoms with van der Waals surface area (Å²) < 4.78 is 22.9.